The van der Waals surface area contributed by atoms with E-state index in [1.165, 1.54) is 5.56 Å². The van der Waals surface area contributed by atoms with Gasteiger partial charge in [0.15, 0.2) is 0 Å². The van der Waals surface area contributed by atoms with Crippen LogP contribution in [0.1, 0.15) is 17.5 Å². The molecule has 0 aliphatic heterocycles. The highest BCUT2D eigenvalue weighted by Gasteiger charge is 2.03. The Kier molecular flexibility index (Phi) is 5.90. The third kappa shape index (κ3) is 4.95. The summed E-state index contributed by atoms with van der Waals surface area (Å²) in [4.78, 5) is 15.9. The van der Waals surface area contributed by atoms with Crippen molar-refractivity contribution in [3.8, 4) is 11.3 Å². The highest BCUT2D eigenvalue weighted by molar-refractivity contribution is 7.09. The van der Waals surface area contributed by atoms with Crippen LogP contribution in [-0.4, -0.2) is 30.6 Å². The molecule has 2 aromatic rings. The molecule has 0 bridgehead atoms. The third-order valence-electron chi connectivity index (χ3n) is 3.04. The Morgan fingerprint density at radius 1 is 1.33 bits per heavy atom. The van der Waals surface area contributed by atoms with Gasteiger partial charge in [-0.2, -0.15) is 0 Å². The first kappa shape index (κ1) is 15.7. The van der Waals surface area contributed by atoms with Gasteiger partial charge in [0, 0.05) is 24.1 Å². The van der Waals surface area contributed by atoms with Crippen LogP contribution in [0.4, 0.5) is 0 Å². The smallest absolute Gasteiger partial charge is 0.246 e. The largest absolute Gasteiger partial charge is 0.372 e. The molecule has 0 saturated carbocycles. The molecule has 1 heterocycles. The fourth-order valence-electron chi connectivity index (χ4n) is 1.93. The maximum absolute atomic E-state index is 11.4. The molecule has 0 spiro atoms. The number of benzene rings is 1. The normalized spacial score (nSPS) is 10.6. The number of nitrogens with zero attached hydrogens (tertiary/aromatic N) is 1. The summed E-state index contributed by atoms with van der Waals surface area (Å²) in [5.41, 5.74) is 3.35. The molecule has 0 fully saturated rings. The Bertz CT molecular complexity index is 578. The molecule has 1 amide bonds. The molecule has 0 aliphatic rings. The lowest BCUT2D eigenvalue weighted by Crippen LogP contribution is -2.29. The lowest BCUT2D eigenvalue weighted by molar-refractivity contribution is -0.125. The third-order valence-corrected chi connectivity index (χ3v) is 3.82. The Morgan fingerprint density at radius 3 is 2.71 bits per heavy atom. The van der Waals surface area contributed by atoms with Crippen LogP contribution < -0.4 is 5.32 Å². The molecule has 1 aromatic carbocycles. The average molecular weight is 304 g/mol. The lowest BCUT2D eigenvalue weighted by Gasteiger charge is -2.06. The van der Waals surface area contributed by atoms with Gasteiger partial charge >= 0.3 is 0 Å². The van der Waals surface area contributed by atoms with Crippen molar-refractivity contribution in [1.29, 1.82) is 0 Å². The van der Waals surface area contributed by atoms with E-state index in [1.807, 2.05) is 13.8 Å². The van der Waals surface area contributed by atoms with Crippen LogP contribution in [0, 0.1) is 6.92 Å². The standard InChI is InChI=1S/C16H20N2O2S/c1-3-20-10-16(19)17-9-8-13-4-6-14(7-5-13)15-11-21-12(2)18-15/h4-7,11H,3,8-10H2,1-2H3,(H,17,19). The van der Waals surface area contributed by atoms with E-state index < -0.39 is 0 Å². The van der Waals surface area contributed by atoms with Gasteiger partial charge in [0.25, 0.3) is 0 Å². The number of thiazole rings is 1. The first-order chi connectivity index (χ1) is 10.2. The molecule has 1 N–H and O–H groups in total. The Morgan fingerprint density at radius 2 is 2.10 bits per heavy atom. The predicted octanol–water partition coefficient (Wildman–Crippen LogP) is 2.81. The van der Waals surface area contributed by atoms with Crippen molar-refractivity contribution in [2.75, 3.05) is 19.8 Å². The fraction of sp³-hybridized carbons (Fsp3) is 0.375. The fourth-order valence-corrected chi connectivity index (χ4v) is 2.55. The second kappa shape index (κ2) is 7.90. The maximum atomic E-state index is 11.4. The van der Waals surface area contributed by atoms with Gasteiger partial charge in [-0.3, -0.25) is 4.79 Å². The van der Waals surface area contributed by atoms with Crippen molar-refractivity contribution < 1.29 is 9.53 Å². The topological polar surface area (TPSA) is 51.2 Å². The molecule has 0 saturated heterocycles. The second-order valence-electron chi connectivity index (χ2n) is 4.69. The first-order valence-electron chi connectivity index (χ1n) is 7.05. The number of carbonyl (C=O) groups excluding carboxylic acids is 1. The van der Waals surface area contributed by atoms with E-state index in [0.29, 0.717) is 13.2 Å². The monoisotopic (exact) mass is 304 g/mol. The number of rotatable bonds is 7. The van der Waals surface area contributed by atoms with Crippen LogP contribution in [0.3, 0.4) is 0 Å². The number of nitrogens with one attached hydrogen (secondary N) is 1. The van der Waals surface area contributed by atoms with E-state index >= 15 is 0 Å². The van der Waals surface area contributed by atoms with Gasteiger partial charge in [0.2, 0.25) is 5.91 Å². The van der Waals surface area contributed by atoms with Crippen molar-refractivity contribution in [3.63, 3.8) is 0 Å². The molecule has 112 valence electrons. The summed E-state index contributed by atoms with van der Waals surface area (Å²) in [6, 6.07) is 8.31. The molecular weight excluding hydrogens is 284 g/mol. The van der Waals surface area contributed by atoms with Crippen LogP contribution >= 0.6 is 11.3 Å². The molecule has 0 aliphatic carbocycles. The van der Waals surface area contributed by atoms with E-state index in [0.717, 1.165) is 22.7 Å². The molecule has 1 aromatic heterocycles. The first-order valence-corrected chi connectivity index (χ1v) is 7.93. The van der Waals surface area contributed by atoms with E-state index in [9.17, 15) is 4.79 Å². The number of ether oxygens (including phenoxy) is 1. The Hall–Kier alpha value is -1.72. The van der Waals surface area contributed by atoms with Gasteiger partial charge in [-0.15, -0.1) is 11.3 Å². The van der Waals surface area contributed by atoms with Crippen LogP contribution in [0.5, 0.6) is 0 Å². The lowest BCUT2D eigenvalue weighted by atomic mass is 10.1. The van der Waals surface area contributed by atoms with E-state index in [1.54, 1.807) is 11.3 Å². The average Bonchev–Trinajstić information content (AvgIpc) is 2.92. The van der Waals surface area contributed by atoms with Crippen molar-refractivity contribution >= 4 is 17.2 Å². The number of aryl methyl sites for hydroxylation is 1. The van der Waals surface area contributed by atoms with Gasteiger partial charge in [0.05, 0.1) is 10.7 Å². The Balaban J connectivity index is 1.81. The highest BCUT2D eigenvalue weighted by atomic mass is 32.1. The SMILES string of the molecule is CCOCC(=O)NCCc1ccc(-c2csc(C)n2)cc1. The predicted molar refractivity (Wildman–Crippen MR) is 85.5 cm³/mol. The summed E-state index contributed by atoms with van der Waals surface area (Å²) in [6.45, 7) is 5.21. The summed E-state index contributed by atoms with van der Waals surface area (Å²) in [5, 5.41) is 5.98. The van der Waals surface area contributed by atoms with E-state index in [-0.39, 0.29) is 12.5 Å². The second-order valence-corrected chi connectivity index (χ2v) is 5.75. The quantitative estimate of drug-likeness (QED) is 0.856. The summed E-state index contributed by atoms with van der Waals surface area (Å²) >= 11 is 1.66. The zero-order valence-electron chi connectivity index (χ0n) is 12.4. The van der Waals surface area contributed by atoms with E-state index in [2.05, 4.69) is 39.9 Å². The summed E-state index contributed by atoms with van der Waals surface area (Å²) in [5.74, 6) is -0.0635. The number of hydrogen-bond donors (Lipinski definition) is 1. The molecule has 0 radical (unpaired) electrons. The molecule has 4 nitrogen and oxygen atoms in total. The van der Waals surface area contributed by atoms with Crippen LogP contribution in [0.15, 0.2) is 29.6 Å². The van der Waals surface area contributed by atoms with Crippen LogP contribution in [-0.2, 0) is 16.0 Å². The van der Waals surface area contributed by atoms with Gasteiger partial charge in [-0.1, -0.05) is 24.3 Å². The minimum absolute atomic E-state index is 0.0635. The molecule has 2 rings (SSSR count). The summed E-state index contributed by atoms with van der Waals surface area (Å²) in [6.07, 6.45) is 0.814. The van der Waals surface area contributed by atoms with Gasteiger partial charge in [-0.25, -0.2) is 4.98 Å². The van der Waals surface area contributed by atoms with Crippen LogP contribution in [0.2, 0.25) is 0 Å². The van der Waals surface area contributed by atoms with Crippen molar-refractivity contribution in [2.45, 2.75) is 20.3 Å². The van der Waals surface area contributed by atoms with Gasteiger partial charge < -0.3 is 10.1 Å². The zero-order chi connectivity index (χ0) is 15.1. The van der Waals surface area contributed by atoms with Gasteiger partial charge in [-0.05, 0) is 25.8 Å². The summed E-state index contributed by atoms with van der Waals surface area (Å²) < 4.78 is 5.05. The van der Waals surface area contributed by atoms with Crippen molar-refractivity contribution in [2.24, 2.45) is 0 Å². The Labute approximate surface area is 129 Å². The van der Waals surface area contributed by atoms with Gasteiger partial charge in [0.1, 0.15) is 6.61 Å². The summed E-state index contributed by atoms with van der Waals surface area (Å²) in [7, 11) is 0. The van der Waals surface area contributed by atoms with Crippen molar-refractivity contribution in [1.82, 2.24) is 10.3 Å². The highest BCUT2D eigenvalue weighted by Crippen LogP contribution is 2.21. The molecular formula is C16H20N2O2S. The molecule has 5 heteroatoms. The minimum Gasteiger partial charge on any atom is -0.372 e. The number of amides is 1. The van der Waals surface area contributed by atoms with Crippen molar-refractivity contribution in [3.05, 3.63) is 40.2 Å². The zero-order valence-corrected chi connectivity index (χ0v) is 13.2. The molecule has 0 unspecified atom stereocenters. The molecule has 0 atom stereocenters. The molecule has 21 heavy (non-hydrogen) atoms. The number of carbonyl (C=O) groups is 1. The van der Waals surface area contributed by atoms with Crippen LogP contribution in [0.25, 0.3) is 11.3 Å². The number of hydrogen-bond acceptors (Lipinski definition) is 4. The number of aromatic nitrogens is 1. The van der Waals surface area contributed by atoms with E-state index in [4.69, 9.17) is 4.74 Å². The minimum atomic E-state index is -0.0635. The maximum Gasteiger partial charge on any atom is 0.246 e.